The summed E-state index contributed by atoms with van der Waals surface area (Å²) in [5.41, 5.74) is -0.552. The van der Waals surface area contributed by atoms with Crippen molar-refractivity contribution >= 4 is 23.2 Å². The molecule has 1 aromatic rings. The van der Waals surface area contributed by atoms with Gasteiger partial charge in [0.05, 0.1) is 17.6 Å². The molecule has 0 fully saturated rings. The normalized spacial score (nSPS) is 10.3. The maximum absolute atomic E-state index is 13.3. The number of nitro groups is 1. The molecule has 0 heterocycles. The van der Waals surface area contributed by atoms with E-state index in [-0.39, 0.29) is 24.5 Å². The van der Waals surface area contributed by atoms with Crippen molar-refractivity contribution in [1.29, 1.82) is 0 Å². The Bertz CT molecular complexity index is 498. The molecule has 0 aliphatic heterocycles. The summed E-state index contributed by atoms with van der Waals surface area (Å²) < 4.78 is 18.2. The lowest BCUT2D eigenvalue weighted by Crippen LogP contribution is -2.35. The van der Waals surface area contributed by atoms with Crippen molar-refractivity contribution in [3.05, 3.63) is 39.7 Å². The highest BCUT2D eigenvalue weighted by atomic mass is 35.5. The highest BCUT2D eigenvalue weighted by Gasteiger charge is 2.19. The molecule has 0 aromatic heterocycles. The van der Waals surface area contributed by atoms with Gasteiger partial charge in [-0.3, -0.25) is 14.9 Å². The van der Waals surface area contributed by atoms with Gasteiger partial charge in [0.15, 0.2) is 0 Å². The molecule has 6 nitrogen and oxygen atoms in total. The summed E-state index contributed by atoms with van der Waals surface area (Å²) in [5.74, 6) is -1.15. The first-order chi connectivity index (χ1) is 9.49. The second-order valence-corrected chi connectivity index (χ2v) is 4.31. The molecule has 0 atom stereocenters. The molecule has 1 amide bonds. The van der Waals surface area contributed by atoms with Crippen LogP contribution in [-0.4, -0.2) is 48.4 Å². The van der Waals surface area contributed by atoms with E-state index >= 15 is 0 Å². The van der Waals surface area contributed by atoms with E-state index < -0.39 is 22.3 Å². The van der Waals surface area contributed by atoms with Gasteiger partial charge in [0.25, 0.3) is 11.6 Å². The van der Waals surface area contributed by atoms with Gasteiger partial charge in [-0.05, 0) is 6.07 Å². The molecule has 0 aliphatic rings. The predicted octanol–water partition coefficient (Wildman–Crippen LogP) is 2.06. The number of nitro benzene ring substituents is 1. The molecule has 0 radical (unpaired) electrons. The summed E-state index contributed by atoms with van der Waals surface area (Å²) in [6, 6.07) is 2.76. The van der Waals surface area contributed by atoms with Crippen LogP contribution in [0.15, 0.2) is 18.2 Å². The average Bonchev–Trinajstić information content (AvgIpc) is 2.42. The number of non-ortho nitro benzene ring substituents is 1. The number of rotatable bonds is 7. The standard InChI is InChI=1S/C12H14ClFN2O4/c1-20-5-4-15(3-2-13)12(17)9-6-10(14)8-11(7-9)16(18)19/h6-8H,2-5H2,1H3. The lowest BCUT2D eigenvalue weighted by atomic mass is 10.1. The van der Waals surface area contributed by atoms with Gasteiger partial charge in [-0.15, -0.1) is 11.6 Å². The van der Waals surface area contributed by atoms with Crippen LogP contribution in [0.3, 0.4) is 0 Å². The Morgan fingerprint density at radius 2 is 2.15 bits per heavy atom. The molecule has 20 heavy (non-hydrogen) atoms. The monoisotopic (exact) mass is 304 g/mol. The number of alkyl halides is 1. The second kappa shape index (κ2) is 7.76. The van der Waals surface area contributed by atoms with Crippen LogP contribution < -0.4 is 0 Å². The first kappa shape index (κ1) is 16.3. The number of carbonyl (C=O) groups is 1. The molecule has 0 aliphatic carbocycles. The number of methoxy groups -OCH3 is 1. The van der Waals surface area contributed by atoms with Crippen LogP contribution in [0, 0.1) is 15.9 Å². The van der Waals surface area contributed by atoms with E-state index in [1.54, 1.807) is 0 Å². The first-order valence-electron chi connectivity index (χ1n) is 5.78. The number of nitrogens with zero attached hydrogens (tertiary/aromatic N) is 2. The molecule has 0 spiro atoms. The smallest absolute Gasteiger partial charge is 0.273 e. The third-order valence-corrected chi connectivity index (χ3v) is 2.72. The van der Waals surface area contributed by atoms with Crippen LogP contribution in [-0.2, 0) is 4.74 Å². The average molecular weight is 305 g/mol. The molecule has 0 saturated carbocycles. The summed E-state index contributed by atoms with van der Waals surface area (Å²) >= 11 is 5.60. The number of ether oxygens (including phenoxy) is 1. The molecular formula is C12H14ClFN2O4. The lowest BCUT2D eigenvalue weighted by molar-refractivity contribution is -0.385. The fourth-order valence-electron chi connectivity index (χ4n) is 1.60. The minimum atomic E-state index is -0.833. The summed E-state index contributed by atoms with van der Waals surface area (Å²) in [6.45, 7) is 0.806. The molecular weight excluding hydrogens is 291 g/mol. The van der Waals surface area contributed by atoms with Gasteiger partial charge in [-0.2, -0.15) is 0 Å². The van der Waals surface area contributed by atoms with Crippen molar-refractivity contribution in [2.75, 3.05) is 32.7 Å². The molecule has 1 aromatic carbocycles. The number of halogens is 2. The first-order valence-corrected chi connectivity index (χ1v) is 6.32. The van der Waals surface area contributed by atoms with Gasteiger partial charge < -0.3 is 9.64 Å². The van der Waals surface area contributed by atoms with Crippen LogP contribution in [0.5, 0.6) is 0 Å². The number of benzene rings is 1. The van der Waals surface area contributed by atoms with Crippen molar-refractivity contribution in [2.24, 2.45) is 0 Å². The van der Waals surface area contributed by atoms with E-state index in [1.165, 1.54) is 12.0 Å². The zero-order valence-electron chi connectivity index (χ0n) is 10.8. The molecule has 1 rings (SSSR count). The van der Waals surface area contributed by atoms with Gasteiger partial charge in [0.2, 0.25) is 0 Å². The number of carbonyl (C=O) groups excluding carboxylic acids is 1. The Morgan fingerprint density at radius 3 is 2.70 bits per heavy atom. The predicted molar refractivity (Wildman–Crippen MR) is 71.6 cm³/mol. The topological polar surface area (TPSA) is 72.7 Å². The van der Waals surface area contributed by atoms with Crippen molar-refractivity contribution in [3.63, 3.8) is 0 Å². The Kier molecular flexibility index (Phi) is 6.33. The molecule has 0 unspecified atom stereocenters. The Morgan fingerprint density at radius 1 is 1.45 bits per heavy atom. The van der Waals surface area contributed by atoms with Crippen LogP contribution >= 0.6 is 11.6 Å². The largest absolute Gasteiger partial charge is 0.383 e. The third-order valence-electron chi connectivity index (χ3n) is 2.55. The summed E-state index contributed by atoms with van der Waals surface area (Å²) in [5, 5.41) is 10.7. The van der Waals surface area contributed by atoms with Crippen LogP contribution in [0.2, 0.25) is 0 Å². The summed E-state index contributed by atoms with van der Waals surface area (Å²) in [7, 11) is 1.48. The minimum Gasteiger partial charge on any atom is -0.383 e. The second-order valence-electron chi connectivity index (χ2n) is 3.93. The van der Waals surface area contributed by atoms with Crippen LogP contribution in [0.1, 0.15) is 10.4 Å². The van der Waals surface area contributed by atoms with Crippen molar-refractivity contribution in [1.82, 2.24) is 4.90 Å². The van der Waals surface area contributed by atoms with E-state index in [0.29, 0.717) is 6.61 Å². The molecule has 0 bridgehead atoms. The third kappa shape index (κ3) is 4.43. The lowest BCUT2D eigenvalue weighted by Gasteiger charge is -2.21. The van der Waals surface area contributed by atoms with E-state index in [4.69, 9.17) is 16.3 Å². The van der Waals surface area contributed by atoms with Gasteiger partial charge in [0, 0.05) is 37.7 Å². The quantitative estimate of drug-likeness (QED) is 0.439. The zero-order valence-corrected chi connectivity index (χ0v) is 11.6. The maximum Gasteiger partial charge on any atom is 0.273 e. The van der Waals surface area contributed by atoms with Crippen molar-refractivity contribution < 1.29 is 18.8 Å². The molecule has 110 valence electrons. The zero-order chi connectivity index (χ0) is 15.1. The van der Waals surface area contributed by atoms with E-state index in [9.17, 15) is 19.3 Å². The van der Waals surface area contributed by atoms with E-state index in [2.05, 4.69) is 0 Å². The van der Waals surface area contributed by atoms with Gasteiger partial charge in [-0.1, -0.05) is 0 Å². The SMILES string of the molecule is COCCN(CCCl)C(=O)c1cc(F)cc([N+](=O)[O-])c1. The Labute approximate surface area is 120 Å². The van der Waals surface area contributed by atoms with Crippen molar-refractivity contribution in [3.8, 4) is 0 Å². The van der Waals surface area contributed by atoms with Crippen molar-refractivity contribution in [2.45, 2.75) is 0 Å². The van der Waals surface area contributed by atoms with E-state index in [1.807, 2.05) is 0 Å². The fraction of sp³-hybridized carbons (Fsp3) is 0.417. The minimum absolute atomic E-state index is 0.0853. The highest BCUT2D eigenvalue weighted by molar-refractivity contribution is 6.18. The number of hydrogen-bond donors (Lipinski definition) is 0. The fourth-order valence-corrected chi connectivity index (χ4v) is 1.81. The number of hydrogen-bond acceptors (Lipinski definition) is 4. The van der Waals surface area contributed by atoms with Crippen LogP contribution in [0.4, 0.5) is 10.1 Å². The maximum atomic E-state index is 13.3. The Balaban J connectivity index is 3.01. The molecule has 0 N–H and O–H groups in total. The van der Waals surface area contributed by atoms with Crippen LogP contribution in [0.25, 0.3) is 0 Å². The number of amides is 1. The summed E-state index contributed by atoms with van der Waals surface area (Å²) in [4.78, 5) is 23.5. The van der Waals surface area contributed by atoms with Gasteiger partial charge >= 0.3 is 0 Å². The molecule has 0 saturated heterocycles. The van der Waals surface area contributed by atoms with E-state index in [0.717, 1.165) is 18.2 Å². The molecule has 8 heteroatoms. The van der Waals surface area contributed by atoms with Gasteiger partial charge in [-0.25, -0.2) is 4.39 Å². The van der Waals surface area contributed by atoms with Gasteiger partial charge in [0.1, 0.15) is 5.82 Å². The highest BCUT2D eigenvalue weighted by Crippen LogP contribution is 2.17. The Hall–Kier alpha value is -1.73. The summed E-state index contributed by atoms with van der Waals surface area (Å²) in [6.07, 6.45) is 0.